The zero-order valence-corrected chi connectivity index (χ0v) is 17.6. The first-order valence-electron chi connectivity index (χ1n) is 7.53. The van der Waals surface area contributed by atoms with Crippen LogP contribution in [0.5, 0.6) is 11.5 Å². The number of benzene rings is 2. The van der Waals surface area contributed by atoms with Crippen LogP contribution in [0.4, 0.5) is 0 Å². The second-order valence-corrected chi connectivity index (χ2v) is 6.53. The Hall–Kier alpha value is -1.61. The van der Waals surface area contributed by atoms with Gasteiger partial charge >= 0.3 is 0 Å². The molecule has 0 saturated carbocycles. The lowest BCUT2D eigenvalue weighted by Gasteiger charge is -2.10. The lowest BCUT2D eigenvalue weighted by molar-refractivity contribution is -0.114. The fraction of sp³-hybridized carbons (Fsp3) is 0.222. The van der Waals surface area contributed by atoms with Crippen molar-refractivity contribution in [2.75, 3.05) is 20.8 Å². The Morgan fingerprint density at radius 1 is 1.12 bits per heavy atom. The topological polar surface area (TPSA) is 59.9 Å². The molecule has 2 rings (SSSR count). The minimum atomic E-state index is -0.197. The molecule has 0 heterocycles. The van der Waals surface area contributed by atoms with Crippen LogP contribution < -0.4 is 14.8 Å². The summed E-state index contributed by atoms with van der Waals surface area (Å²) in [5.74, 6) is 1.16. The monoisotopic (exact) mass is 516 g/mol. The number of methoxy groups -OCH3 is 2. The van der Waals surface area contributed by atoms with Crippen molar-refractivity contribution in [1.82, 2.24) is 5.32 Å². The predicted molar refractivity (Wildman–Crippen MR) is 111 cm³/mol. The maximum atomic E-state index is 12.4. The minimum Gasteiger partial charge on any atom is -0.493 e. The first-order chi connectivity index (χ1) is 12.1. The summed E-state index contributed by atoms with van der Waals surface area (Å²) in [5, 5.41) is 2.90. The van der Waals surface area contributed by atoms with E-state index in [4.69, 9.17) is 9.47 Å². The van der Waals surface area contributed by atoms with E-state index in [9.17, 15) is 4.79 Å². The van der Waals surface area contributed by atoms with E-state index in [-0.39, 0.29) is 5.91 Å². The molecule has 1 N–H and O–H groups in total. The van der Waals surface area contributed by atoms with Gasteiger partial charge in [-0.3, -0.25) is 4.79 Å². The van der Waals surface area contributed by atoms with Gasteiger partial charge in [0.15, 0.2) is 11.5 Å². The highest BCUT2D eigenvalue weighted by Gasteiger charge is 2.13. The number of amides is 1. The third kappa shape index (κ3) is 5.43. The van der Waals surface area contributed by atoms with Gasteiger partial charge in [-0.15, -0.1) is 0 Å². The Morgan fingerprint density at radius 2 is 1.80 bits per heavy atom. The van der Waals surface area contributed by atoms with Crippen molar-refractivity contribution in [1.29, 1.82) is 0 Å². The van der Waals surface area contributed by atoms with Crippen LogP contribution in [0.3, 0.4) is 0 Å². The number of carbonyl (C=O) groups excluding carboxylic acids is 1. The van der Waals surface area contributed by atoms with Crippen molar-refractivity contribution in [2.45, 2.75) is 6.42 Å². The molecule has 25 heavy (non-hydrogen) atoms. The molecule has 0 unspecified atom stereocenters. The Morgan fingerprint density at radius 3 is 2.40 bits per heavy atom. The second-order valence-electron chi connectivity index (χ2n) is 5.14. The van der Waals surface area contributed by atoms with Crippen molar-refractivity contribution in [3.63, 3.8) is 0 Å². The van der Waals surface area contributed by atoms with E-state index in [0.717, 1.165) is 15.6 Å². The van der Waals surface area contributed by atoms with Crippen molar-refractivity contribution >= 4 is 50.4 Å². The molecule has 2 aromatic rings. The summed E-state index contributed by atoms with van der Waals surface area (Å²) < 4.78 is 15.6. The Bertz CT molecular complexity index is 763. The normalized spacial score (nSPS) is 11.1. The van der Waals surface area contributed by atoms with Gasteiger partial charge in [0.05, 0.1) is 37.1 Å². The molecule has 0 bridgehead atoms. The number of nitrogens with one attached hydrogen (secondary N) is 1. The van der Waals surface area contributed by atoms with Crippen LogP contribution in [0.2, 0.25) is 0 Å². The van der Waals surface area contributed by atoms with Gasteiger partial charge in [0.1, 0.15) is 5.71 Å². The van der Waals surface area contributed by atoms with Crippen LogP contribution in [0.1, 0.15) is 11.1 Å². The number of halogens is 2. The summed E-state index contributed by atoms with van der Waals surface area (Å²) in [6.45, 7) is 0.501. The minimum absolute atomic E-state index is 0.197. The highest BCUT2D eigenvalue weighted by Crippen LogP contribution is 2.27. The number of hydrogen-bond acceptors (Lipinski definition) is 4. The quantitative estimate of drug-likeness (QED) is 0.447. The molecule has 0 aliphatic carbocycles. The summed E-state index contributed by atoms with van der Waals surface area (Å²) in [7, 11) is 3.20. The number of rotatable bonds is 7. The lowest BCUT2D eigenvalue weighted by Crippen LogP contribution is -2.32. The standard InChI is InChI=1S/C18H18BrIN2O3/c1-24-15-8-3-12(11-16(15)25-2)9-10-21-18(23)17(22-20)13-4-6-14(19)7-5-13/h3-8,11H,9-10H2,1-2H3,(H,21,23). The fourth-order valence-electron chi connectivity index (χ4n) is 2.27. The average molecular weight is 517 g/mol. The first-order valence-corrected chi connectivity index (χ1v) is 9.28. The van der Waals surface area contributed by atoms with E-state index in [1.54, 1.807) is 14.2 Å². The molecule has 7 heteroatoms. The smallest absolute Gasteiger partial charge is 0.271 e. The molecule has 0 aromatic heterocycles. The molecule has 0 fully saturated rings. The van der Waals surface area contributed by atoms with Crippen LogP contribution in [0.25, 0.3) is 0 Å². The molecule has 2 aromatic carbocycles. The third-order valence-corrected chi connectivity index (χ3v) is 4.58. The highest BCUT2D eigenvalue weighted by molar-refractivity contribution is 14.1. The fourth-order valence-corrected chi connectivity index (χ4v) is 3.03. The maximum absolute atomic E-state index is 12.4. The lowest BCUT2D eigenvalue weighted by atomic mass is 10.1. The number of ether oxygens (including phenoxy) is 2. The van der Waals surface area contributed by atoms with Gasteiger partial charge in [-0.1, -0.05) is 34.1 Å². The molecule has 5 nitrogen and oxygen atoms in total. The molecule has 0 aliphatic heterocycles. The first kappa shape index (κ1) is 19.7. The van der Waals surface area contributed by atoms with E-state index in [2.05, 4.69) is 24.5 Å². The summed E-state index contributed by atoms with van der Waals surface area (Å²) >= 11 is 5.22. The molecule has 132 valence electrons. The van der Waals surface area contributed by atoms with Crippen molar-refractivity contribution < 1.29 is 14.3 Å². The second kappa shape index (κ2) is 9.76. The van der Waals surface area contributed by atoms with E-state index < -0.39 is 0 Å². The predicted octanol–water partition coefficient (Wildman–Crippen LogP) is 3.96. The molecule has 0 radical (unpaired) electrons. The van der Waals surface area contributed by atoms with Gasteiger partial charge in [-0.05, 0) is 36.2 Å². The van der Waals surface area contributed by atoms with Crippen molar-refractivity contribution in [3.8, 4) is 11.5 Å². The summed E-state index contributed by atoms with van der Waals surface area (Å²) in [5.41, 5.74) is 2.23. The molecule has 0 atom stereocenters. The molecule has 0 spiro atoms. The molecule has 1 amide bonds. The SMILES string of the molecule is COc1ccc(CCNC(=O)C(=NI)c2ccc(Br)cc2)cc1OC. The average Bonchev–Trinajstić information content (AvgIpc) is 2.63. The van der Waals surface area contributed by atoms with Gasteiger partial charge in [0.2, 0.25) is 0 Å². The molecular formula is C18H18BrIN2O3. The Kier molecular flexibility index (Phi) is 7.70. The molecule has 0 aliphatic rings. The number of hydrogen-bond donors (Lipinski definition) is 1. The summed E-state index contributed by atoms with van der Waals surface area (Å²) in [6, 6.07) is 13.2. The van der Waals surface area contributed by atoms with E-state index in [1.165, 1.54) is 0 Å². The van der Waals surface area contributed by atoms with Gasteiger partial charge in [0.25, 0.3) is 5.91 Å². The van der Waals surface area contributed by atoms with E-state index >= 15 is 0 Å². The molecule has 0 saturated heterocycles. The van der Waals surface area contributed by atoms with Gasteiger partial charge in [-0.25, -0.2) is 3.21 Å². The van der Waals surface area contributed by atoms with Gasteiger partial charge in [0, 0.05) is 16.6 Å². The van der Waals surface area contributed by atoms with Crippen molar-refractivity contribution in [2.24, 2.45) is 3.21 Å². The van der Waals surface area contributed by atoms with Crippen LogP contribution in [0, 0.1) is 0 Å². The van der Waals surface area contributed by atoms with E-state index in [0.29, 0.717) is 30.2 Å². The van der Waals surface area contributed by atoms with Gasteiger partial charge in [-0.2, -0.15) is 0 Å². The Balaban J connectivity index is 1.96. The van der Waals surface area contributed by atoms with Crippen LogP contribution in [-0.4, -0.2) is 32.4 Å². The largest absolute Gasteiger partial charge is 0.493 e. The van der Waals surface area contributed by atoms with Crippen LogP contribution >= 0.6 is 38.8 Å². The molecular weight excluding hydrogens is 499 g/mol. The summed E-state index contributed by atoms with van der Waals surface area (Å²) in [4.78, 5) is 12.4. The maximum Gasteiger partial charge on any atom is 0.271 e. The summed E-state index contributed by atoms with van der Waals surface area (Å²) in [6.07, 6.45) is 0.682. The van der Waals surface area contributed by atoms with Gasteiger partial charge < -0.3 is 14.8 Å². The van der Waals surface area contributed by atoms with E-state index in [1.807, 2.05) is 65.3 Å². The number of nitrogens with zero attached hydrogens (tertiary/aromatic N) is 1. The zero-order chi connectivity index (χ0) is 18.2. The zero-order valence-electron chi connectivity index (χ0n) is 13.9. The van der Waals surface area contributed by atoms with Crippen LogP contribution in [0.15, 0.2) is 50.1 Å². The van der Waals surface area contributed by atoms with Crippen molar-refractivity contribution in [3.05, 3.63) is 58.1 Å². The van der Waals surface area contributed by atoms with Crippen LogP contribution in [-0.2, 0) is 11.2 Å². The number of carbonyl (C=O) groups is 1. The Labute approximate surface area is 169 Å². The highest BCUT2D eigenvalue weighted by atomic mass is 127. The third-order valence-electron chi connectivity index (χ3n) is 3.56.